The maximum absolute atomic E-state index is 13.6. The van der Waals surface area contributed by atoms with Gasteiger partial charge in [-0.1, -0.05) is 19.1 Å². The maximum atomic E-state index is 13.6. The van der Waals surface area contributed by atoms with E-state index in [1.165, 1.54) is 0 Å². The smallest absolute Gasteiger partial charge is 0.254 e. The average Bonchev–Trinajstić information content (AvgIpc) is 2.84. The Kier molecular flexibility index (Phi) is 5.91. The second kappa shape index (κ2) is 8.54. The number of amides is 2. The average molecular weight is 451 g/mol. The van der Waals surface area contributed by atoms with Gasteiger partial charge >= 0.3 is 0 Å². The summed E-state index contributed by atoms with van der Waals surface area (Å²) in [5.74, 6) is 1.11. The lowest BCUT2D eigenvalue weighted by molar-refractivity contribution is -0.155. The van der Waals surface area contributed by atoms with Crippen molar-refractivity contribution >= 4 is 17.6 Å². The molecule has 2 fully saturated rings. The van der Waals surface area contributed by atoms with Crippen LogP contribution < -0.4 is 9.47 Å². The van der Waals surface area contributed by atoms with Crippen LogP contribution in [0.4, 0.5) is 0 Å². The molecule has 0 unspecified atom stereocenters. The highest BCUT2D eigenvalue weighted by Gasteiger charge is 2.58. The van der Waals surface area contributed by atoms with Crippen LogP contribution in [0.2, 0.25) is 0 Å². The fourth-order valence-corrected chi connectivity index (χ4v) is 5.26. The van der Waals surface area contributed by atoms with Gasteiger partial charge in [-0.3, -0.25) is 14.4 Å². The van der Waals surface area contributed by atoms with Crippen LogP contribution in [0.1, 0.15) is 41.0 Å². The first-order chi connectivity index (χ1) is 15.7. The topological polar surface area (TPSA) is 76.2 Å². The number of nitrogens with zero attached hydrogens (tertiary/aromatic N) is 2. The second-order valence-corrected chi connectivity index (χ2v) is 9.31. The monoisotopic (exact) mass is 450 g/mol. The number of fused-ring (bicyclic) bond motifs is 2. The molecule has 7 heteroatoms. The van der Waals surface area contributed by atoms with Crippen LogP contribution in [0.3, 0.4) is 0 Å². The zero-order valence-corrected chi connectivity index (χ0v) is 19.6. The predicted octanol–water partition coefficient (Wildman–Crippen LogP) is 3.29. The van der Waals surface area contributed by atoms with Gasteiger partial charge in [0, 0.05) is 37.3 Å². The molecule has 0 saturated carbocycles. The van der Waals surface area contributed by atoms with Crippen LogP contribution >= 0.6 is 0 Å². The second-order valence-electron chi connectivity index (χ2n) is 9.31. The van der Waals surface area contributed by atoms with Crippen LogP contribution in [0.15, 0.2) is 48.5 Å². The Labute approximate surface area is 194 Å². The number of benzene rings is 2. The van der Waals surface area contributed by atoms with E-state index in [1.807, 2.05) is 13.8 Å². The van der Waals surface area contributed by atoms with Gasteiger partial charge in [0.05, 0.1) is 25.0 Å². The van der Waals surface area contributed by atoms with Gasteiger partial charge in [-0.25, -0.2) is 0 Å². The molecule has 2 heterocycles. The molecule has 0 radical (unpaired) electrons. The maximum Gasteiger partial charge on any atom is 0.254 e. The molecule has 0 aromatic heterocycles. The molecule has 2 amide bonds. The SMILES string of the molecule is CCC12CN(C(=O)c3cccc(OC)c3)CC(C)(CN(C(=O)c3cccc(OC)c3)C1)C2=O. The van der Waals surface area contributed by atoms with Gasteiger partial charge in [0.2, 0.25) is 0 Å². The standard InChI is InChI=1S/C26H30N2O5/c1-5-26-16-27(22(29)18-8-6-10-20(12-18)32-3)14-25(2,24(26)31)15-28(17-26)23(30)19-9-7-11-21(13-19)33-4/h6-13H,5,14-17H2,1-4H3. The highest BCUT2D eigenvalue weighted by Crippen LogP contribution is 2.45. The van der Waals surface area contributed by atoms with E-state index in [-0.39, 0.29) is 43.8 Å². The number of Topliss-reactive ketones (excluding diaryl/α,β-unsaturated/α-hetero) is 1. The van der Waals surface area contributed by atoms with Crippen LogP contribution in [0.25, 0.3) is 0 Å². The highest BCUT2D eigenvalue weighted by atomic mass is 16.5. The Balaban J connectivity index is 1.63. The van der Waals surface area contributed by atoms with Gasteiger partial charge in [-0.15, -0.1) is 0 Å². The number of piperidine rings is 2. The minimum atomic E-state index is -0.838. The summed E-state index contributed by atoms with van der Waals surface area (Å²) in [6.45, 7) is 4.94. The highest BCUT2D eigenvalue weighted by molar-refractivity contribution is 6.01. The summed E-state index contributed by atoms with van der Waals surface area (Å²) in [5.41, 5.74) is -0.578. The van der Waals surface area contributed by atoms with Crippen molar-refractivity contribution in [3.05, 3.63) is 59.7 Å². The molecule has 7 nitrogen and oxygen atoms in total. The first-order valence-electron chi connectivity index (χ1n) is 11.2. The number of hydrogen-bond acceptors (Lipinski definition) is 5. The minimum Gasteiger partial charge on any atom is -0.497 e. The van der Waals surface area contributed by atoms with E-state index in [9.17, 15) is 14.4 Å². The molecule has 33 heavy (non-hydrogen) atoms. The Morgan fingerprint density at radius 3 is 1.70 bits per heavy atom. The van der Waals surface area contributed by atoms with Crippen molar-refractivity contribution in [1.82, 2.24) is 9.80 Å². The van der Waals surface area contributed by atoms with Gasteiger partial charge in [0.15, 0.2) is 5.78 Å². The van der Waals surface area contributed by atoms with Crippen molar-refractivity contribution in [2.45, 2.75) is 20.3 Å². The summed E-state index contributed by atoms with van der Waals surface area (Å²) in [5, 5.41) is 0. The fourth-order valence-electron chi connectivity index (χ4n) is 5.26. The van der Waals surface area contributed by atoms with E-state index in [0.717, 1.165) is 0 Å². The Morgan fingerprint density at radius 2 is 1.30 bits per heavy atom. The number of hydrogen-bond donors (Lipinski definition) is 0. The lowest BCUT2D eigenvalue weighted by atomic mass is 9.62. The Hall–Kier alpha value is -3.35. The zero-order chi connectivity index (χ0) is 23.8. The molecular weight excluding hydrogens is 420 g/mol. The van der Waals surface area contributed by atoms with Crippen LogP contribution in [-0.4, -0.2) is 67.8 Å². The summed E-state index contributed by atoms with van der Waals surface area (Å²) >= 11 is 0. The molecule has 174 valence electrons. The first-order valence-corrected chi connectivity index (χ1v) is 11.2. The van der Waals surface area contributed by atoms with Gasteiger partial charge in [0.1, 0.15) is 11.5 Å². The van der Waals surface area contributed by atoms with E-state index in [1.54, 1.807) is 72.6 Å². The number of carbonyl (C=O) groups is 3. The van der Waals surface area contributed by atoms with Crippen molar-refractivity contribution in [3.63, 3.8) is 0 Å². The van der Waals surface area contributed by atoms with Crippen molar-refractivity contribution in [2.24, 2.45) is 10.8 Å². The number of ether oxygens (including phenoxy) is 2. The van der Waals surface area contributed by atoms with E-state index < -0.39 is 10.8 Å². The molecule has 2 aromatic rings. The molecule has 2 aliphatic rings. The van der Waals surface area contributed by atoms with E-state index >= 15 is 0 Å². The van der Waals surface area contributed by atoms with E-state index in [0.29, 0.717) is 29.0 Å². The van der Waals surface area contributed by atoms with E-state index in [2.05, 4.69) is 0 Å². The molecule has 4 rings (SSSR count). The summed E-state index contributed by atoms with van der Waals surface area (Å²) in [6.07, 6.45) is 0.547. The molecule has 2 bridgehead atoms. The quantitative estimate of drug-likeness (QED) is 0.699. The van der Waals surface area contributed by atoms with Gasteiger partial charge in [-0.2, -0.15) is 0 Å². The van der Waals surface area contributed by atoms with Crippen molar-refractivity contribution in [2.75, 3.05) is 40.4 Å². The number of likely N-dealkylation sites (tertiary alicyclic amines) is 2. The number of methoxy groups -OCH3 is 2. The van der Waals surface area contributed by atoms with Gasteiger partial charge in [0.25, 0.3) is 11.8 Å². The lowest BCUT2D eigenvalue weighted by Gasteiger charge is -2.56. The van der Waals surface area contributed by atoms with Crippen LogP contribution in [0, 0.1) is 10.8 Å². The largest absolute Gasteiger partial charge is 0.497 e. The normalized spacial score (nSPS) is 24.4. The van der Waals surface area contributed by atoms with Gasteiger partial charge < -0.3 is 19.3 Å². The third kappa shape index (κ3) is 3.96. The Morgan fingerprint density at radius 1 is 0.848 bits per heavy atom. The van der Waals surface area contributed by atoms with Crippen LogP contribution in [-0.2, 0) is 4.79 Å². The van der Waals surface area contributed by atoms with Crippen molar-refractivity contribution in [1.29, 1.82) is 0 Å². The lowest BCUT2D eigenvalue weighted by Crippen LogP contribution is -2.70. The van der Waals surface area contributed by atoms with E-state index in [4.69, 9.17) is 9.47 Å². The molecule has 2 aliphatic heterocycles. The molecule has 0 aliphatic carbocycles. The summed E-state index contributed by atoms with van der Waals surface area (Å²) in [4.78, 5) is 43.9. The fraction of sp³-hybridized carbons (Fsp3) is 0.423. The molecule has 0 N–H and O–H groups in total. The summed E-state index contributed by atoms with van der Waals surface area (Å²) in [7, 11) is 3.13. The molecule has 0 spiro atoms. The number of rotatable bonds is 5. The minimum absolute atomic E-state index is 0.127. The number of carbonyl (C=O) groups excluding carboxylic acids is 3. The number of ketones is 1. The third-order valence-corrected chi connectivity index (χ3v) is 6.98. The predicted molar refractivity (Wildman–Crippen MR) is 124 cm³/mol. The molecule has 2 saturated heterocycles. The van der Waals surface area contributed by atoms with Crippen molar-refractivity contribution in [3.8, 4) is 11.5 Å². The Bertz CT molecular complexity index is 1020. The first kappa shape index (κ1) is 22.8. The molecular formula is C26H30N2O5. The molecule has 0 atom stereocenters. The zero-order valence-electron chi connectivity index (χ0n) is 19.6. The summed E-state index contributed by atoms with van der Waals surface area (Å²) in [6, 6.07) is 14.1. The van der Waals surface area contributed by atoms with Crippen LogP contribution in [0.5, 0.6) is 11.5 Å². The van der Waals surface area contributed by atoms with Crippen molar-refractivity contribution < 1.29 is 23.9 Å². The third-order valence-electron chi connectivity index (χ3n) is 6.98. The van der Waals surface area contributed by atoms with Gasteiger partial charge in [-0.05, 0) is 49.7 Å². The summed E-state index contributed by atoms with van der Waals surface area (Å²) < 4.78 is 10.5. The molecule has 2 aromatic carbocycles.